The van der Waals surface area contributed by atoms with Crippen molar-refractivity contribution in [1.82, 2.24) is 19.4 Å². The first-order valence-electron chi connectivity index (χ1n) is 7.70. The predicted molar refractivity (Wildman–Crippen MR) is 86.4 cm³/mol. The fraction of sp³-hybridized carbons (Fsp3) is 0.643. The second kappa shape index (κ2) is 7.10. The highest BCUT2D eigenvalue weighted by molar-refractivity contribution is 7.89. The number of nitrogens with one attached hydrogen (secondary N) is 1. The molecule has 1 aliphatic heterocycles. The molecule has 1 aliphatic rings. The number of sulfonamides is 1. The highest BCUT2D eigenvalue weighted by Crippen LogP contribution is 2.19. The molecule has 0 bridgehead atoms. The highest BCUT2D eigenvalue weighted by Gasteiger charge is 2.33. The maximum atomic E-state index is 12.6. The average Bonchev–Trinajstić information content (AvgIpc) is 2.79. The van der Waals surface area contributed by atoms with Gasteiger partial charge in [-0.15, -0.1) is 0 Å². The molecule has 1 saturated heterocycles. The van der Waals surface area contributed by atoms with Crippen molar-refractivity contribution in [2.24, 2.45) is 7.05 Å². The quantitative estimate of drug-likeness (QED) is 0.677. The second-order valence-electron chi connectivity index (χ2n) is 5.95. The number of ether oxygens (including phenoxy) is 1. The smallest absolute Gasteiger partial charge is 0.334 e. The third-order valence-corrected chi connectivity index (χ3v) is 5.86. The van der Waals surface area contributed by atoms with Crippen LogP contribution in [0.5, 0.6) is 0 Å². The third kappa shape index (κ3) is 3.99. The lowest BCUT2D eigenvalue weighted by Gasteiger charge is -2.32. The van der Waals surface area contributed by atoms with Gasteiger partial charge in [-0.3, -0.25) is 9.48 Å². The first-order chi connectivity index (χ1) is 11.5. The summed E-state index contributed by atoms with van der Waals surface area (Å²) in [7, 11) is -2.31. The SMILES string of the molecule is Cc1nn(C)c(C)c1S(=O)(=O)NC(C)C(=O)N1CCOC(C(=O)O)C1. The second-order valence-corrected chi connectivity index (χ2v) is 7.60. The molecular weight excluding hydrogens is 352 g/mol. The monoisotopic (exact) mass is 374 g/mol. The molecule has 0 aromatic carbocycles. The molecule has 1 aromatic heterocycles. The molecule has 0 radical (unpaired) electrons. The van der Waals surface area contributed by atoms with Crippen LogP contribution in [0.15, 0.2) is 4.90 Å². The lowest BCUT2D eigenvalue weighted by Crippen LogP contribution is -2.54. The Labute approximate surface area is 145 Å². The van der Waals surface area contributed by atoms with Gasteiger partial charge in [0.15, 0.2) is 6.10 Å². The van der Waals surface area contributed by atoms with E-state index in [0.717, 1.165) is 0 Å². The first-order valence-corrected chi connectivity index (χ1v) is 9.18. The largest absolute Gasteiger partial charge is 0.479 e. The number of aromatic nitrogens is 2. The minimum atomic E-state index is -3.94. The highest BCUT2D eigenvalue weighted by atomic mass is 32.2. The Hall–Kier alpha value is -1.98. The van der Waals surface area contributed by atoms with E-state index >= 15 is 0 Å². The lowest BCUT2D eigenvalue weighted by atomic mass is 10.2. The fourth-order valence-corrected chi connectivity index (χ4v) is 4.39. The maximum absolute atomic E-state index is 12.6. The van der Waals surface area contributed by atoms with Crippen molar-refractivity contribution < 1.29 is 27.9 Å². The van der Waals surface area contributed by atoms with E-state index in [1.54, 1.807) is 20.9 Å². The summed E-state index contributed by atoms with van der Waals surface area (Å²) in [4.78, 5) is 24.8. The van der Waals surface area contributed by atoms with E-state index in [4.69, 9.17) is 9.84 Å². The molecule has 140 valence electrons. The average molecular weight is 374 g/mol. The Morgan fingerprint density at radius 2 is 2.04 bits per heavy atom. The summed E-state index contributed by atoms with van der Waals surface area (Å²) in [5.41, 5.74) is 0.798. The summed E-state index contributed by atoms with van der Waals surface area (Å²) in [6.07, 6.45) is -1.11. The summed E-state index contributed by atoms with van der Waals surface area (Å²) >= 11 is 0. The molecular formula is C14H22N4O6S. The molecule has 25 heavy (non-hydrogen) atoms. The number of carbonyl (C=O) groups is 2. The van der Waals surface area contributed by atoms with Gasteiger partial charge in [0.05, 0.1) is 30.6 Å². The topological polar surface area (TPSA) is 131 Å². The summed E-state index contributed by atoms with van der Waals surface area (Å²) in [5, 5.41) is 13.1. The predicted octanol–water partition coefficient (Wildman–Crippen LogP) is -0.984. The number of carboxylic acids is 1. The van der Waals surface area contributed by atoms with E-state index in [2.05, 4.69) is 9.82 Å². The van der Waals surface area contributed by atoms with Crippen molar-refractivity contribution >= 4 is 21.9 Å². The van der Waals surface area contributed by atoms with Crippen LogP contribution >= 0.6 is 0 Å². The summed E-state index contributed by atoms with van der Waals surface area (Å²) in [6.45, 7) is 4.80. The summed E-state index contributed by atoms with van der Waals surface area (Å²) < 4.78 is 34.1. The van der Waals surface area contributed by atoms with Crippen LogP contribution in [0.25, 0.3) is 0 Å². The van der Waals surface area contributed by atoms with Gasteiger partial charge >= 0.3 is 5.97 Å². The Morgan fingerprint density at radius 3 is 2.56 bits per heavy atom. The zero-order chi connectivity index (χ0) is 18.9. The molecule has 2 heterocycles. The Kier molecular flexibility index (Phi) is 5.49. The number of morpholine rings is 1. The molecule has 1 aromatic rings. The van der Waals surface area contributed by atoms with E-state index < -0.39 is 34.0 Å². The molecule has 2 atom stereocenters. The van der Waals surface area contributed by atoms with E-state index in [9.17, 15) is 18.0 Å². The molecule has 0 saturated carbocycles. The van der Waals surface area contributed by atoms with E-state index in [-0.39, 0.29) is 24.6 Å². The van der Waals surface area contributed by atoms with Crippen LogP contribution in [0.1, 0.15) is 18.3 Å². The molecule has 1 amide bonds. The Bertz CT molecular complexity index is 787. The van der Waals surface area contributed by atoms with Gasteiger partial charge in [0.1, 0.15) is 4.90 Å². The van der Waals surface area contributed by atoms with Crippen molar-refractivity contribution in [1.29, 1.82) is 0 Å². The number of carbonyl (C=O) groups excluding carboxylic acids is 1. The molecule has 2 rings (SSSR count). The molecule has 1 fully saturated rings. The van der Waals surface area contributed by atoms with Crippen LogP contribution in [-0.2, 0) is 31.4 Å². The normalized spacial score (nSPS) is 19.7. The number of aryl methyl sites for hydroxylation is 2. The number of hydrogen-bond acceptors (Lipinski definition) is 6. The van der Waals surface area contributed by atoms with Crippen LogP contribution in [-0.4, -0.2) is 71.9 Å². The van der Waals surface area contributed by atoms with Gasteiger partial charge in [-0.2, -0.15) is 9.82 Å². The Morgan fingerprint density at radius 1 is 1.40 bits per heavy atom. The summed E-state index contributed by atoms with van der Waals surface area (Å²) in [5.74, 6) is -1.66. The van der Waals surface area contributed by atoms with E-state index in [1.165, 1.54) is 16.5 Å². The summed E-state index contributed by atoms with van der Waals surface area (Å²) in [6, 6.07) is -1.04. The van der Waals surface area contributed by atoms with Gasteiger partial charge in [0.25, 0.3) is 0 Å². The molecule has 0 aliphatic carbocycles. The van der Waals surface area contributed by atoms with Gasteiger partial charge < -0.3 is 14.7 Å². The zero-order valence-corrected chi connectivity index (χ0v) is 15.3. The van der Waals surface area contributed by atoms with Gasteiger partial charge in [-0.05, 0) is 20.8 Å². The number of hydrogen-bond donors (Lipinski definition) is 2. The molecule has 10 nitrogen and oxygen atoms in total. The van der Waals surface area contributed by atoms with Crippen molar-refractivity contribution in [3.63, 3.8) is 0 Å². The maximum Gasteiger partial charge on any atom is 0.334 e. The number of aliphatic carboxylic acids is 1. The van der Waals surface area contributed by atoms with Crippen molar-refractivity contribution in [2.75, 3.05) is 19.7 Å². The minimum absolute atomic E-state index is 0.0417. The van der Waals surface area contributed by atoms with E-state index in [1.807, 2.05) is 0 Å². The first kappa shape index (κ1) is 19.3. The number of nitrogens with zero attached hydrogens (tertiary/aromatic N) is 3. The van der Waals surface area contributed by atoms with Crippen LogP contribution in [0.4, 0.5) is 0 Å². The fourth-order valence-electron chi connectivity index (χ4n) is 2.76. The van der Waals surface area contributed by atoms with Crippen molar-refractivity contribution in [3.05, 3.63) is 11.4 Å². The van der Waals surface area contributed by atoms with Crippen LogP contribution in [0.2, 0.25) is 0 Å². The van der Waals surface area contributed by atoms with E-state index in [0.29, 0.717) is 11.4 Å². The van der Waals surface area contributed by atoms with Gasteiger partial charge in [0.2, 0.25) is 15.9 Å². The molecule has 2 unspecified atom stereocenters. The van der Waals surface area contributed by atoms with Gasteiger partial charge in [-0.1, -0.05) is 0 Å². The van der Waals surface area contributed by atoms with Crippen LogP contribution < -0.4 is 4.72 Å². The van der Waals surface area contributed by atoms with Crippen LogP contribution in [0, 0.1) is 13.8 Å². The lowest BCUT2D eigenvalue weighted by molar-refractivity contribution is -0.159. The van der Waals surface area contributed by atoms with Crippen molar-refractivity contribution in [2.45, 2.75) is 37.8 Å². The molecule has 11 heteroatoms. The van der Waals surface area contributed by atoms with Gasteiger partial charge in [0, 0.05) is 13.6 Å². The number of carboxylic acid groups (broad SMARTS) is 1. The minimum Gasteiger partial charge on any atom is -0.479 e. The number of amides is 1. The van der Waals surface area contributed by atoms with Gasteiger partial charge in [-0.25, -0.2) is 13.2 Å². The molecule has 0 spiro atoms. The zero-order valence-electron chi connectivity index (χ0n) is 14.5. The third-order valence-electron chi connectivity index (χ3n) is 4.07. The number of rotatable bonds is 5. The standard InChI is InChI=1S/C14H22N4O6S/c1-8-12(10(3)17(4)15-8)25(22,23)16-9(2)13(19)18-5-6-24-11(7-18)14(20)21/h9,11,16H,5-7H2,1-4H3,(H,20,21). The Balaban J connectivity index is 2.14. The van der Waals surface area contributed by atoms with Crippen molar-refractivity contribution in [3.8, 4) is 0 Å². The van der Waals surface area contributed by atoms with Crippen LogP contribution in [0.3, 0.4) is 0 Å². The molecule has 2 N–H and O–H groups in total.